The average molecular weight is 387 g/mol. The standard InChI is InChI=1S/C21H30BNO5/c1-19(2,3)26-18(24)23-12-14-11-16(23)15-10-13(8-9-17(15)25-14)22-27-20(4,5)21(6,7)28-22/h8-10,14,16H,11-12H2,1-7H3/t14-,16-/m0/s1. The molecule has 1 aromatic carbocycles. The van der Waals surface area contributed by atoms with Gasteiger partial charge in [-0.2, -0.15) is 0 Å². The molecule has 0 saturated carbocycles. The van der Waals surface area contributed by atoms with Crippen molar-refractivity contribution >= 4 is 18.7 Å². The van der Waals surface area contributed by atoms with Crippen LogP contribution in [0.1, 0.15) is 66.5 Å². The molecule has 0 aromatic heterocycles. The van der Waals surface area contributed by atoms with Gasteiger partial charge in [0.05, 0.1) is 23.8 Å². The summed E-state index contributed by atoms with van der Waals surface area (Å²) >= 11 is 0. The van der Waals surface area contributed by atoms with Crippen molar-refractivity contribution in [3.05, 3.63) is 23.8 Å². The van der Waals surface area contributed by atoms with Crippen molar-refractivity contribution in [2.75, 3.05) is 6.54 Å². The van der Waals surface area contributed by atoms with Gasteiger partial charge >= 0.3 is 13.2 Å². The molecule has 0 spiro atoms. The van der Waals surface area contributed by atoms with E-state index in [4.69, 9.17) is 18.8 Å². The van der Waals surface area contributed by atoms with Crippen LogP contribution < -0.4 is 10.2 Å². The lowest BCUT2D eigenvalue weighted by Crippen LogP contribution is -2.41. The summed E-state index contributed by atoms with van der Waals surface area (Å²) in [6, 6.07) is 5.96. The molecule has 1 amide bonds. The first-order valence-electron chi connectivity index (χ1n) is 10.0. The average Bonchev–Trinajstić information content (AvgIpc) is 3.00. The van der Waals surface area contributed by atoms with Crippen LogP contribution in [0.2, 0.25) is 0 Å². The fraction of sp³-hybridized carbons (Fsp3) is 0.667. The number of benzene rings is 1. The molecule has 7 heteroatoms. The van der Waals surface area contributed by atoms with Gasteiger partial charge in [-0.25, -0.2) is 4.79 Å². The van der Waals surface area contributed by atoms with Crippen molar-refractivity contribution in [3.8, 4) is 5.75 Å². The number of likely N-dealkylation sites (tertiary alicyclic amines) is 1. The van der Waals surface area contributed by atoms with Crippen LogP contribution in [-0.4, -0.2) is 47.6 Å². The predicted molar refractivity (Wildman–Crippen MR) is 107 cm³/mol. The van der Waals surface area contributed by atoms with Gasteiger partial charge in [0, 0.05) is 12.0 Å². The van der Waals surface area contributed by atoms with Gasteiger partial charge < -0.3 is 18.8 Å². The van der Waals surface area contributed by atoms with Crippen molar-refractivity contribution in [2.24, 2.45) is 0 Å². The van der Waals surface area contributed by atoms with E-state index >= 15 is 0 Å². The number of hydrogen-bond acceptors (Lipinski definition) is 5. The number of ether oxygens (including phenoxy) is 2. The lowest BCUT2D eigenvalue weighted by Gasteiger charge is -2.32. The quantitative estimate of drug-likeness (QED) is 0.691. The molecule has 1 aromatic rings. The van der Waals surface area contributed by atoms with Gasteiger partial charge in [0.25, 0.3) is 0 Å². The minimum Gasteiger partial charge on any atom is -0.488 e. The highest BCUT2D eigenvalue weighted by molar-refractivity contribution is 6.62. The van der Waals surface area contributed by atoms with Gasteiger partial charge in [-0.1, -0.05) is 12.1 Å². The largest absolute Gasteiger partial charge is 0.494 e. The molecule has 0 radical (unpaired) electrons. The lowest BCUT2D eigenvalue weighted by atomic mass is 9.77. The molecule has 2 atom stereocenters. The number of nitrogens with zero attached hydrogens (tertiary/aromatic N) is 1. The van der Waals surface area contributed by atoms with E-state index in [1.54, 1.807) is 4.90 Å². The van der Waals surface area contributed by atoms with E-state index in [2.05, 4.69) is 6.07 Å². The first-order valence-corrected chi connectivity index (χ1v) is 10.0. The number of amides is 1. The molecule has 6 nitrogen and oxygen atoms in total. The zero-order chi connectivity index (χ0) is 20.5. The molecule has 3 aliphatic rings. The Morgan fingerprint density at radius 1 is 1.18 bits per heavy atom. The molecule has 0 unspecified atom stereocenters. The first kappa shape index (κ1) is 19.6. The van der Waals surface area contributed by atoms with E-state index in [0.717, 1.165) is 23.2 Å². The molecule has 2 bridgehead atoms. The van der Waals surface area contributed by atoms with Crippen LogP contribution in [-0.2, 0) is 14.0 Å². The second-order valence-electron chi connectivity index (χ2n) is 10.0. The van der Waals surface area contributed by atoms with Crippen LogP contribution in [0.25, 0.3) is 0 Å². The fourth-order valence-corrected chi connectivity index (χ4v) is 3.94. The van der Waals surface area contributed by atoms with Crippen LogP contribution in [0, 0.1) is 0 Å². The van der Waals surface area contributed by atoms with Gasteiger partial charge in [0.1, 0.15) is 17.5 Å². The second kappa shape index (κ2) is 6.13. The summed E-state index contributed by atoms with van der Waals surface area (Å²) in [4.78, 5) is 14.5. The van der Waals surface area contributed by atoms with Crippen LogP contribution in [0.3, 0.4) is 0 Å². The Hall–Kier alpha value is -1.73. The maximum absolute atomic E-state index is 12.7. The number of hydrogen-bond donors (Lipinski definition) is 0. The van der Waals surface area contributed by atoms with Crippen LogP contribution in [0.15, 0.2) is 18.2 Å². The Kier molecular flexibility index (Phi) is 4.29. The summed E-state index contributed by atoms with van der Waals surface area (Å²) in [6.07, 6.45) is 0.490. The van der Waals surface area contributed by atoms with Gasteiger partial charge in [-0.05, 0) is 60.0 Å². The molecule has 3 aliphatic heterocycles. The first-order chi connectivity index (χ1) is 12.9. The molecule has 3 heterocycles. The summed E-state index contributed by atoms with van der Waals surface area (Å²) in [5.74, 6) is 0.826. The lowest BCUT2D eigenvalue weighted by molar-refractivity contribution is 0.00578. The minimum absolute atomic E-state index is 0.00714. The molecule has 2 fully saturated rings. The van der Waals surface area contributed by atoms with Crippen molar-refractivity contribution in [1.29, 1.82) is 0 Å². The van der Waals surface area contributed by atoms with Crippen molar-refractivity contribution in [2.45, 2.75) is 83.8 Å². The summed E-state index contributed by atoms with van der Waals surface area (Å²) < 4.78 is 24.1. The molecule has 0 aliphatic carbocycles. The van der Waals surface area contributed by atoms with E-state index in [9.17, 15) is 4.79 Å². The maximum Gasteiger partial charge on any atom is 0.494 e. The van der Waals surface area contributed by atoms with Gasteiger partial charge in [-0.15, -0.1) is 0 Å². The molecule has 152 valence electrons. The molecular formula is C21H30BNO5. The molecule has 0 N–H and O–H groups in total. The number of rotatable bonds is 1. The Morgan fingerprint density at radius 3 is 2.43 bits per heavy atom. The summed E-state index contributed by atoms with van der Waals surface area (Å²) in [7, 11) is -0.440. The highest BCUT2D eigenvalue weighted by atomic mass is 16.7. The third-order valence-electron chi connectivity index (χ3n) is 6.10. The van der Waals surface area contributed by atoms with Crippen molar-refractivity contribution < 1.29 is 23.6 Å². The highest BCUT2D eigenvalue weighted by Crippen LogP contribution is 2.44. The summed E-state index contributed by atoms with van der Waals surface area (Å²) in [5, 5.41) is 0. The summed E-state index contributed by atoms with van der Waals surface area (Å²) in [6.45, 7) is 14.4. The van der Waals surface area contributed by atoms with Crippen molar-refractivity contribution in [1.82, 2.24) is 4.90 Å². The van der Waals surface area contributed by atoms with E-state index < -0.39 is 23.9 Å². The summed E-state index contributed by atoms with van der Waals surface area (Å²) in [5.41, 5.74) is 0.611. The molecular weight excluding hydrogens is 357 g/mol. The molecule has 28 heavy (non-hydrogen) atoms. The smallest absolute Gasteiger partial charge is 0.488 e. The minimum atomic E-state index is -0.526. The second-order valence-corrected chi connectivity index (χ2v) is 10.0. The third-order valence-corrected chi connectivity index (χ3v) is 6.10. The number of carbonyl (C=O) groups is 1. The van der Waals surface area contributed by atoms with Crippen LogP contribution in [0.5, 0.6) is 5.75 Å². The Bertz CT molecular complexity index is 784. The fourth-order valence-electron chi connectivity index (χ4n) is 3.94. The number of carbonyl (C=O) groups excluding carboxylic acids is 1. The Balaban J connectivity index is 1.61. The maximum atomic E-state index is 12.7. The SMILES string of the molecule is CC(C)(C)OC(=O)N1C[C@@H]2C[C@H]1c1cc(B3OC(C)(C)C(C)(C)O3)ccc1O2. The number of fused-ring (bicyclic) bond motifs is 4. The Labute approximate surface area is 167 Å². The zero-order valence-corrected chi connectivity index (χ0v) is 17.9. The van der Waals surface area contributed by atoms with Crippen LogP contribution >= 0.6 is 0 Å². The van der Waals surface area contributed by atoms with Crippen molar-refractivity contribution in [3.63, 3.8) is 0 Å². The van der Waals surface area contributed by atoms with E-state index in [1.807, 2.05) is 60.6 Å². The third kappa shape index (κ3) is 3.28. The Morgan fingerprint density at radius 2 is 1.82 bits per heavy atom. The monoisotopic (exact) mass is 387 g/mol. The zero-order valence-electron chi connectivity index (χ0n) is 17.9. The molecule has 2 saturated heterocycles. The predicted octanol–water partition coefficient (Wildman–Crippen LogP) is 3.43. The topological polar surface area (TPSA) is 57.2 Å². The van der Waals surface area contributed by atoms with Gasteiger partial charge in [-0.3, -0.25) is 4.90 Å². The van der Waals surface area contributed by atoms with E-state index in [1.165, 1.54) is 0 Å². The van der Waals surface area contributed by atoms with Gasteiger partial charge in [0.2, 0.25) is 0 Å². The molecule has 4 rings (SSSR count). The normalized spacial score (nSPS) is 27.4. The highest BCUT2D eigenvalue weighted by Gasteiger charge is 2.52. The van der Waals surface area contributed by atoms with Gasteiger partial charge in [0.15, 0.2) is 0 Å². The van der Waals surface area contributed by atoms with E-state index in [0.29, 0.717) is 6.54 Å². The van der Waals surface area contributed by atoms with E-state index in [-0.39, 0.29) is 18.2 Å². The van der Waals surface area contributed by atoms with Crippen LogP contribution in [0.4, 0.5) is 4.79 Å².